The van der Waals surface area contributed by atoms with Gasteiger partial charge in [0.25, 0.3) is 0 Å². The van der Waals surface area contributed by atoms with Crippen molar-refractivity contribution >= 4 is 0 Å². The predicted octanol–water partition coefficient (Wildman–Crippen LogP) is 9.75. The maximum Gasteiger partial charge on any atom is 0.129 e. The molecule has 34 heavy (non-hydrogen) atoms. The second-order valence-corrected chi connectivity index (χ2v) is 11.0. The number of hydrogen-bond acceptors (Lipinski definition) is 0. The van der Waals surface area contributed by atoms with Crippen LogP contribution in [0.15, 0.2) is 54.6 Å². The molecule has 1 unspecified atom stereocenters. The Hall–Kier alpha value is -1.96. The summed E-state index contributed by atoms with van der Waals surface area (Å²) in [6.45, 7) is 4.31. The van der Waals surface area contributed by atoms with Gasteiger partial charge in [0.05, 0.1) is 0 Å². The average Bonchev–Trinajstić information content (AvgIpc) is 2.87. The van der Waals surface area contributed by atoms with Gasteiger partial charge >= 0.3 is 0 Å². The van der Waals surface area contributed by atoms with Crippen LogP contribution in [0.5, 0.6) is 0 Å². The number of halogens is 2. The molecule has 2 aromatic carbocycles. The Labute approximate surface area is 205 Å². The fourth-order valence-electron chi connectivity index (χ4n) is 6.73. The zero-order valence-corrected chi connectivity index (χ0v) is 21.1. The highest BCUT2D eigenvalue weighted by atomic mass is 19.1. The van der Waals surface area contributed by atoms with Gasteiger partial charge in [-0.25, -0.2) is 8.78 Å². The van der Waals surface area contributed by atoms with Crippen molar-refractivity contribution in [2.45, 2.75) is 96.3 Å². The Bertz CT molecular complexity index is 892. The van der Waals surface area contributed by atoms with Crippen molar-refractivity contribution < 1.29 is 8.78 Å². The third-order valence-corrected chi connectivity index (χ3v) is 8.82. The van der Waals surface area contributed by atoms with Crippen LogP contribution in [0.4, 0.5) is 8.78 Å². The summed E-state index contributed by atoms with van der Waals surface area (Å²) in [5.74, 6) is 2.76. The predicted molar refractivity (Wildman–Crippen MR) is 139 cm³/mol. The van der Waals surface area contributed by atoms with Crippen molar-refractivity contribution in [3.05, 3.63) is 82.9 Å². The minimum atomic E-state index is -0.357. The van der Waals surface area contributed by atoms with Crippen LogP contribution >= 0.6 is 0 Å². The summed E-state index contributed by atoms with van der Waals surface area (Å²) >= 11 is 0. The Morgan fingerprint density at radius 2 is 1.44 bits per heavy atom. The zero-order valence-electron chi connectivity index (χ0n) is 21.1. The summed E-state index contributed by atoms with van der Waals surface area (Å²) in [6, 6.07) is 14.2. The zero-order chi connectivity index (χ0) is 23.9. The van der Waals surface area contributed by atoms with E-state index in [4.69, 9.17) is 0 Å². The van der Waals surface area contributed by atoms with Gasteiger partial charge in [-0.05, 0) is 118 Å². The topological polar surface area (TPSA) is 0 Å². The van der Waals surface area contributed by atoms with Gasteiger partial charge in [0.2, 0.25) is 0 Å². The second-order valence-electron chi connectivity index (χ2n) is 11.0. The standard InChI is InChI=1S/C32H42F2/c1-3-4-6-11-30-31(33)21-29(22-32(30)34)28-18-16-27(17-19-28)26-14-12-24(13-15-26)20-23(2)25-9-7-5-8-10-25/h3-5,7-10,21-24,26-28H,6,11-20H2,1-2H3/b4-3+. The monoisotopic (exact) mass is 464 g/mol. The molecule has 0 bridgehead atoms. The number of hydrogen-bond donors (Lipinski definition) is 0. The summed E-state index contributed by atoms with van der Waals surface area (Å²) < 4.78 is 29.3. The third-order valence-electron chi connectivity index (χ3n) is 8.82. The molecule has 0 heterocycles. The van der Waals surface area contributed by atoms with E-state index in [-0.39, 0.29) is 17.2 Å². The molecule has 0 aromatic heterocycles. The van der Waals surface area contributed by atoms with Gasteiger partial charge in [0.15, 0.2) is 0 Å². The molecular weight excluding hydrogens is 422 g/mol. The molecule has 0 nitrogen and oxygen atoms in total. The number of benzene rings is 2. The van der Waals surface area contributed by atoms with E-state index in [1.54, 1.807) is 12.1 Å². The SMILES string of the molecule is C/C=C/CCc1c(F)cc(C2CCC(C3CCC(CC(C)c4ccccc4)CC3)CC2)cc1F. The molecule has 2 aliphatic rings. The molecule has 0 aliphatic heterocycles. The molecule has 0 N–H and O–H groups in total. The third kappa shape index (κ3) is 6.37. The van der Waals surface area contributed by atoms with E-state index < -0.39 is 0 Å². The van der Waals surface area contributed by atoms with Crippen LogP contribution in [0.2, 0.25) is 0 Å². The van der Waals surface area contributed by atoms with Crippen LogP contribution in [-0.2, 0) is 6.42 Å². The lowest BCUT2D eigenvalue weighted by Gasteiger charge is -2.38. The minimum Gasteiger partial charge on any atom is -0.207 e. The van der Waals surface area contributed by atoms with Gasteiger partial charge in [0, 0.05) is 5.56 Å². The summed E-state index contributed by atoms with van der Waals surface area (Å²) in [6.07, 6.45) is 16.4. The minimum absolute atomic E-state index is 0.244. The van der Waals surface area contributed by atoms with Gasteiger partial charge in [-0.2, -0.15) is 0 Å². The normalized spacial score (nSPS) is 26.6. The molecule has 0 amide bonds. The van der Waals surface area contributed by atoms with Gasteiger partial charge in [-0.15, -0.1) is 0 Å². The molecule has 1 atom stereocenters. The van der Waals surface area contributed by atoms with Crippen LogP contribution in [0.3, 0.4) is 0 Å². The van der Waals surface area contributed by atoms with E-state index in [0.29, 0.717) is 24.7 Å². The van der Waals surface area contributed by atoms with Crippen LogP contribution in [-0.4, -0.2) is 0 Å². The first-order valence-corrected chi connectivity index (χ1v) is 13.7. The highest BCUT2D eigenvalue weighted by molar-refractivity contribution is 5.29. The van der Waals surface area contributed by atoms with E-state index in [9.17, 15) is 8.78 Å². The van der Waals surface area contributed by atoms with Gasteiger partial charge in [-0.1, -0.05) is 62.2 Å². The van der Waals surface area contributed by atoms with Gasteiger partial charge in [-0.3, -0.25) is 0 Å². The highest BCUT2D eigenvalue weighted by Gasteiger charge is 2.32. The Morgan fingerprint density at radius 1 is 0.853 bits per heavy atom. The quantitative estimate of drug-likeness (QED) is 0.341. The van der Waals surface area contributed by atoms with E-state index >= 15 is 0 Å². The van der Waals surface area contributed by atoms with Crippen molar-refractivity contribution in [1.82, 2.24) is 0 Å². The van der Waals surface area contributed by atoms with E-state index in [2.05, 4.69) is 37.3 Å². The van der Waals surface area contributed by atoms with Crippen LogP contribution in [0, 0.1) is 29.4 Å². The summed E-state index contributed by atoms with van der Waals surface area (Å²) in [4.78, 5) is 0. The van der Waals surface area contributed by atoms with Crippen molar-refractivity contribution in [3.63, 3.8) is 0 Å². The van der Waals surface area contributed by atoms with Crippen LogP contribution in [0.1, 0.15) is 107 Å². The largest absolute Gasteiger partial charge is 0.207 e. The molecule has 2 saturated carbocycles. The lowest BCUT2D eigenvalue weighted by atomic mass is 9.67. The first-order valence-electron chi connectivity index (χ1n) is 13.7. The average molecular weight is 465 g/mol. The molecule has 2 heteroatoms. The fraction of sp³-hybridized carbons (Fsp3) is 0.562. The molecular formula is C32H42F2. The smallest absolute Gasteiger partial charge is 0.129 e. The van der Waals surface area contributed by atoms with E-state index in [1.165, 1.54) is 50.5 Å². The lowest BCUT2D eigenvalue weighted by Crippen LogP contribution is -2.26. The highest BCUT2D eigenvalue weighted by Crippen LogP contribution is 2.45. The molecule has 2 aliphatic carbocycles. The van der Waals surface area contributed by atoms with Gasteiger partial charge < -0.3 is 0 Å². The number of allylic oxidation sites excluding steroid dienone is 2. The summed E-state index contributed by atoms with van der Waals surface area (Å²) in [7, 11) is 0. The molecule has 2 fully saturated rings. The van der Waals surface area contributed by atoms with Crippen molar-refractivity contribution in [2.24, 2.45) is 17.8 Å². The van der Waals surface area contributed by atoms with Crippen molar-refractivity contribution in [1.29, 1.82) is 0 Å². The number of rotatable bonds is 8. The molecule has 2 aromatic rings. The molecule has 0 radical (unpaired) electrons. The summed E-state index contributed by atoms with van der Waals surface area (Å²) in [5.41, 5.74) is 2.59. The molecule has 0 spiro atoms. The van der Waals surface area contributed by atoms with Gasteiger partial charge in [0.1, 0.15) is 11.6 Å². The Kier molecular flexibility index (Phi) is 8.98. The Morgan fingerprint density at radius 3 is 2.03 bits per heavy atom. The van der Waals surface area contributed by atoms with Crippen LogP contribution < -0.4 is 0 Å². The second kappa shape index (κ2) is 12.1. The molecule has 4 rings (SSSR count). The molecule has 184 valence electrons. The first-order chi connectivity index (χ1) is 16.5. The lowest BCUT2D eigenvalue weighted by molar-refractivity contribution is 0.154. The van der Waals surface area contributed by atoms with E-state index in [0.717, 1.165) is 36.2 Å². The fourth-order valence-corrected chi connectivity index (χ4v) is 6.73. The summed E-state index contributed by atoms with van der Waals surface area (Å²) in [5, 5.41) is 0. The maximum atomic E-state index is 14.6. The molecule has 0 saturated heterocycles. The maximum absolute atomic E-state index is 14.6. The van der Waals surface area contributed by atoms with Crippen LogP contribution in [0.25, 0.3) is 0 Å². The van der Waals surface area contributed by atoms with Crippen molar-refractivity contribution in [3.8, 4) is 0 Å². The van der Waals surface area contributed by atoms with Crippen molar-refractivity contribution in [2.75, 3.05) is 0 Å². The van der Waals surface area contributed by atoms with E-state index in [1.807, 2.05) is 19.1 Å². The Balaban J connectivity index is 1.24. The first kappa shape index (κ1) is 25.1.